The Morgan fingerprint density at radius 3 is 2.15 bits per heavy atom. The maximum atomic E-state index is 12.6. The van der Waals surface area contributed by atoms with Crippen LogP contribution in [-0.4, -0.2) is 30.4 Å². The lowest BCUT2D eigenvalue weighted by Gasteiger charge is -2.21. The highest BCUT2D eigenvalue weighted by Crippen LogP contribution is 2.37. The second-order valence-electron chi connectivity index (χ2n) is 5.98. The largest absolute Gasteiger partial charge is 0.392 e. The van der Waals surface area contributed by atoms with Crippen LogP contribution < -0.4 is 0 Å². The maximum absolute atomic E-state index is 12.6. The topological polar surface area (TPSA) is 57.6 Å². The minimum absolute atomic E-state index is 0.0110. The predicted molar refractivity (Wildman–Crippen MR) is 77.4 cm³/mol. The van der Waals surface area contributed by atoms with Crippen LogP contribution in [0.5, 0.6) is 0 Å². The Balaban J connectivity index is 1.71. The van der Waals surface area contributed by atoms with E-state index in [0.29, 0.717) is 12.5 Å². The molecule has 0 bridgehead atoms. The monoisotopic (exact) mass is 295 g/mol. The van der Waals surface area contributed by atoms with E-state index in [4.69, 9.17) is 5.11 Å². The first-order chi connectivity index (χ1) is 9.58. The Morgan fingerprint density at radius 1 is 1.05 bits per heavy atom. The molecular formula is C15H21NO3S. The summed E-state index contributed by atoms with van der Waals surface area (Å²) >= 11 is 0. The van der Waals surface area contributed by atoms with Crippen molar-refractivity contribution in [3.63, 3.8) is 0 Å². The molecule has 2 fully saturated rings. The number of hydrogen-bond donors (Lipinski definition) is 1. The van der Waals surface area contributed by atoms with Crippen molar-refractivity contribution in [3.8, 4) is 0 Å². The normalized spacial score (nSPS) is 19.5. The molecule has 3 rings (SSSR count). The zero-order valence-electron chi connectivity index (χ0n) is 11.5. The second-order valence-corrected chi connectivity index (χ2v) is 7.90. The summed E-state index contributed by atoms with van der Waals surface area (Å²) in [6.07, 6.45) is 4.36. The Labute approximate surface area is 120 Å². The fraction of sp³-hybridized carbons (Fsp3) is 0.600. The maximum Gasteiger partial charge on any atom is 0.218 e. The number of nitrogens with zero attached hydrogens (tertiary/aromatic N) is 1. The van der Waals surface area contributed by atoms with Gasteiger partial charge in [-0.25, -0.2) is 8.42 Å². The molecule has 1 N–H and O–H groups in total. The van der Waals surface area contributed by atoms with Crippen molar-refractivity contribution in [1.82, 2.24) is 4.31 Å². The van der Waals surface area contributed by atoms with Crippen molar-refractivity contribution in [1.29, 1.82) is 0 Å². The molecule has 0 heterocycles. The summed E-state index contributed by atoms with van der Waals surface area (Å²) in [7, 11) is -3.22. The molecule has 0 unspecified atom stereocenters. The van der Waals surface area contributed by atoms with E-state index < -0.39 is 10.0 Å². The molecule has 20 heavy (non-hydrogen) atoms. The number of benzene rings is 1. The smallest absolute Gasteiger partial charge is 0.218 e. The van der Waals surface area contributed by atoms with Crippen molar-refractivity contribution < 1.29 is 13.5 Å². The standard InChI is InChI=1S/C15H21NO3S/c17-10-13-3-5-14(6-4-13)11-20(18,19)16(15-7-8-15)9-12-1-2-12/h3-6,12,15,17H,1-2,7-11H2. The molecule has 0 spiro atoms. The molecule has 1 aromatic carbocycles. The summed E-state index contributed by atoms with van der Waals surface area (Å²) in [5, 5.41) is 9.01. The highest BCUT2D eigenvalue weighted by molar-refractivity contribution is 7.88. The summed E-state index contributed by atoms with van der Waals surface area (Å²) in [6.45, 7) is 0.699. The third-order valence-corrected chi connectivity index (χ3v) is 5.86. The van der Waals surface area contributed by atoms with Gasteiger partial charge in [-0.1, -0.05) is 24.3 Å². The first-order valence-electron chi connectivity index (χ1n) is 7.26. The molecule has 110 valence electrons. The van der Waals surface area contributed by atoms with Gasteiger partial charge in [0.1, 0.15) is 0 Å². The fourth-order valence-electron chi connectivity index (χ4n) is 2.44. The molecule has 0 aromatic heterocycles. The van der Waals surface area contributed by atoms with Crippen LogP contribution in [0.15, 0.2) is 24.3 Å². The van der Waals surface area contributed by atoms with Gasteiger partial charge in [0.05, 0.1) is 12.4 Å². The minimum atomic E-state index is -3.22. The van der Waals surface area contributed by atoms with Crippen LogP contribution in [0.1, 0.15) is 36.8 Å². The number of aliphatic hydroxyl groups excluding tert-OH is 1. The van der Waals surface area contributed by atoms with Crippen LogP contribution in [0.4, 0.5) is 0 Å². The minimum Gasteiger partial charge on any atom is -0.392 e. The number of hydrogen-bond acceptors (Lipinski definition) is 3. The Morgan fingerprint density at radius 2 is 1.65 bits per heavy atom. The van der Waals surface area contributed by atoms with Gasteiger partial charge in [-0.2, -0.15) is 4.31 Å². The highest BCUT2D eigenvalue weighted by Gasteiger charge is 2.40. The average molecular weight is 295 g/mol. The highest BCUT2D eigenvalue weighted by atomic mass is 32.2. The van der Waals surface area contributed by atoms with E-state index in [1.165, 1.54) is 12.8 Å². The summed E-state index contributed by atoms with van der Waals surface area (Å²) in [5.41, 5.74) is 1.60. The van der Waals surface area contributed by atoms with E-state index in [2.05, 4.69) is 0 Å². The molecule has 0 aliphatic heterocycles. The lowest BCUT2D eigenvalue weighted by atomic mass is 10.2. The first kappa shape index (κ1) is 14.0. The third-order valence-electron chi connectivity index (χ3n) is 4.00. The quantitative estimate of drug-likeness (QED) is 0.835. The van der Waals surface area contributed by atoms with Gasteiger partial charge in [-0.3, -0.25) is 0 Å². The van der Waals surface area contributed by atoms with E-state index in [1.807, 2.05) is 0 Å². The molecule has 0 radical (unpaired) electrons. The summed E-state index contributed by atoms with van der Waals surface area (Å²) in [6, 6.07) is 7.41. The summed E-state index contributed by atoms with van der Waals surface area (Å²) in [4.78, 5) is 0. The van der Waals surface area contributed by atoms with Crippen LogP contribution in [-0.2, 0) is 22.4 Å². The molecule has 1 aromatic rings. The number of aliphatic hydroxyl groups is 1. The Bertz CT molecular complexity index is 559. The van der Waals surface area contributed by atoms with Gasteiger partial charge in [0, 0.05) is 12.6 Å². The van der Waals surface area contributed by atoms with Gasteiger partial charge in [-0.05, 0) is 42.7 Å². The molecule has 2 saturated carbocycles. The summed E-state index contributed by atoms with van der Waals surface area (Å²) < 4.78 is 26.9. The van der Waals surface area contributed by atoms with Gasteiger partial charge in [0.25, 0.3) is 0 Å². The number of rotatable bonds is 7. The SMILES string of the molecule is O=S(=O)(Cc1ccc(CO)cc1)N(CC1CC1)C1CC1. The Hall–Kier alpha value is -0.910. The van der Waals surface area contributed by atoms with E-state index in [1.54, 1.807) is 28.6 Å². The number of sulfonamides is 1. The molecule has 0 amide bonds. The van der Waals surface area contributed by atoms with Crippen molar-refractivity contribution in [2.45, 2.75) is 44.1 Å². The molecule has 0 atom stereocenters. The fourth-order valence-corrected chi connectivity index (χ4v) is 4.32. The molecule has 0 saturated heterocycles. The zero-order chi connectivity index (χ0) is 14.2. The molecule has 4 nitrogen and oxygen atoms in total. The van der Waals surface area contributed by atoms with Crippen molar-refractivity contribution >= 4 is 10.0 Å². The van der Waals surface area contributed by atoms with Crippen molar-refractivity contribution in [3.05, 3.63) is 35.4 Å². The third kappa shape index (κ3) is 3.40. The molecule has 2 aliphatic carbocycles. The lowest BCUT2D eigenvalue weighted by molar-refractivity contribution is 0.282. The van der Waals surface area contributed by atoms with E-state index in [-0.39, 0.29) is 18.4 Å². The van der Waals surface area contributed by atoms with Crippen LogP contribution in [0, 0.1) is 5.92 Å². The van der Waals surface area contributed by atoms with Gasteiger partial charge in [-0.15, -0.1) is 0 Å². The van der Waals surface area contributed by atoms with Gasteiger partial charge >= 0.3 is 0 Å². The van der Waals surface area contributed by atoms with Crippen LogP contribution >= 0.6 is 0 Å². The molecular weight excluding hydrogens is 274 g/mol. The van der Waals surface area contributed by atoms with Gasteiger partial charge < -0.3 is 5.11 Å². The van der Waals surface area contributed by atoms with E-state index >= 15 is 0 Å². The Kier molecular flexibility index (Phi) is 3.84. The van der Waals surface area contributed by atoms with Gasteiger partial charge in [0.15, 0.2) is 0 Å². The van der Waals surface area contributed by atoms with Crippen LogP contribution in [0.3, 0.4) is 0 Å². The van der Waals surface area contributed by atoms with E-state index in [9.17, 15) is 8.42 Å². The molecule has 2 aliphatic rings. The van der Waals surface area contributed by atoms with Crippen LogP contribution in [0.2, 0.25) is 0 Å². The van der Waals surface area contributed by atoms with Crippen molar-refractivity contribution in [2.24, 2.45) is 5.92 Å². The van der Waals surface area contributed by atoms with E-state index in [0.717, 1.165) is 24.0 Å². The second kappa shape index (κ2) is 5.47. The lowest BCUT2D eigenvalue weighted by Crippen LogP contribution is -2.35. The average Bonchev–Trinajstić information content (AvgIpc) is 3.28. The van der Waals surface area contributed by atoms with Gasteiger partial charge in [0.2, 0.25) is 10.0 Å². The zero-order valence-corrected chi connectivity index (χ0v) is 12.3. The van der Waals surface area contributed by atoms with Crippen molar-refractivity contribution in [2.75, 3.05) is 6.54 Å². The predicted octanol–water partition coefficient (Wildman–Crippen LogP) is 1.88. The first-order valence-corrected chi connectivity index (χ1v) is 8.87. The summed E-state index contributed by atoms with van der Waals surface area (Å²) in [5.74, 6) is 0.657. The van der Waals surface area contributed by atoms with Crippen LogP contribution in [0.25, 0.3) is 0 Å². The molecule has 5 heteroatoms.